The molecule has 3 nitrogen and oxygen atoms in total. The van der Waals surface area contributed by atoms with Crippen molar-refractivity contribution < 1.29 is 9.18 Å². The third kappa shape index (κ3) is 3.13. The van der Waals surface area contributed by atoms with Gasteiger partial charge in [-0.25, -0.2) is 4.39 Å². The highest BCUT2D eigenvalue weighted by atomic mass is 32.1. The van der Waals surface area contributed by atoms with Crippen molar-refractivity contribution in [2.75, 3.05) is 11.4 Å². The first kappa shape index (κ1) is 17.5. The fourth-order valence-electron chi connectivity index (χ4n) is 4.78. The summed E-state index contributed by atoms with van der Waals surface area (Å²) in [6.45, 7) is 5.24. The van der Waals surface area contributed by atoms with Crippen LogP contribution in [0.5, 0.6) is 0 Å². The van der Waals surface area contributed by atoms with Crippen LogP contribution in [0.25, 0.3) is 0 Å². The van der Waals surface area contributed by atoms with E-state index in [9.17, 15) is 9.18 Å². The monoisotopic (exact) mass is 372 g/mol. The number of fused-ring (bicyclic) bond motifs is 1. The molecular formula is C21H25FN2OS. The average molecular weight is 373 g/mol. The normalized spacial score (nSPS) is 24.6. The Hall–Kier alpha value is -1.88. The van der Waals surface area contributed by atoms with Gasteiger partial charge in [0.1, 0.15) is 5.82 Å². The molecule has 0 unspecified atom stereocenters. The molecule has 0 radical (unpaired) electrons. The van der Waals surface area contributed by atoms with Crippen LogP contribution >= 0.6 is 11.3 Å². The van der Waals surface area contributed by atoms with E-state index in [-0.39, 0.29) is 29.3 Å². The molecule has 0 aliphatic carbocycles. The van der Waals surface area contributed by atoms with E-state index in [4.69, 9.17) is 0 Å². The standard InChI is InChI=1S/C21H25FN2OS/c1-21(2)14-19-18(24(21)16-7-3-6-15(22)12-16)9-4-10-23(19)20(25)13-17-8-5-11-26-17/h3,5-8,11-12,18-19H,4,9-10,13-14H2,1-2H3/t18-,19-/m0/s1. The Bertz CT molecular complexity index is 789. The van der Waals surface area contributed by atoms with Crippen molar-refractivity contribution in [3.8, 4) is 0 Å². The molecule has 0 N–H and O–H groups in total. The van der Waals surface area contributed by atoms with Crippen molar-refractivity contribution in [2.24, 2.45) is 0 Å². The number of rotatable bonds is 3. The molecule has 5 heteroatoms. The van der Waals surface area contributed by atoms with E-state index in [2.05, 4.69) is 23.6 Å². The summed E-state index contributed by atoms with van der Waals surface area (Å²) in [6.07, 6.45) is 3.46. The van der Waals surface area contributed by atoms with Crippen LogP contribution in [-0.2, 0) is 11.2 Å². The molecule has 2 aromatic rings. The lowest BCUT2D eigenvalue weighted by Crippen LogP contribution is -2.53. The molecule has 2 fully saturated rings. The maximum absolute atomic E-state index is 13.8. The van der Waals surface area contributed by atoms with Gasteiger partial charge in [0.2, 0.25) is 5.91 Å². The number of carbonyl (C=O) groups excluding carboxylic acids is 1. The molecule has 138 valence electrons. The Morgan fingerprint density at radius 2 is 2.12 bits per heavy atom. The first-order chi connectivity index (χ1) is 12.5. The fraction of sp³-hybridized carbons (Fsp3) is 0.476. The fourth-order valence-corrected chi connectivity index (χ4v) is 5.48. The van der Waals surface area contributed by atoms with Gasteiger partial charge in [-0.15, -0.1) is 11.3 Å². The minimum absolute atomic E-state index is 0.102. The number of thiophene rings is 1. The molecule has 2 aliphatic rings. The average Bonchev–Trinajstić information content (AvgIpc) is 3.18. The molecule has 2 aliphatic heterocycles. The molecule has 1 aromatic heterocycles. The van der Waals surface area contributed by atoms with Crippen molar-refractivity contribution in [1.82, 2.24) is 4.90 Å². The van der Waals surface area contributed by atoms with Crippen LogP contribution in [-0.4, -0.2) is 35.0 Å². The molecule has 0 bridgehead atoms. The van der Waals surface area contributed by atoms with Gasteiger partial charge in [0.05, 0.1) is 18.5 Å². The van der Waals surface area contributed by atoms with E-state index in [0.717, 1.165) is 36.4 Å². The van der Waals surface area contributed by atoms with Crippen LogP contribution in [0.1, 0.15) is 38.0 Å². The summed E-state index contributed by atoms with van der Waals surface area (Å²) < 4.78 is 13.8. The highest BCUT2D eigenvalue weighted by Gasteiger charge is 2.50. The molecule has 2 atom stereocenters. The van der Waals surface area contributed by atoms with Crippen molar-refractivity contribution in [3.05, 3.63) is 52.5 Å². The van der Waals surface area contributed by atoms with Crippen LogP contribution in [0, 0.1) is 5.82 Å². The van der Waals surface area contributed by atoms with Crippen LogP contribution in [0.3, 0.4) is 0 Å². The Morgan fingerprint density at radius 3 is 2.85 bits per heavy atom. The van der Waals surface area contributed by atoms with Gasteiger partial charge in [-0.1, -0.05) is 12.1 Å². The zero-order chi connectivity index (χ0) is 18.3. The minimum Gasteiger partial charge on any atom is -0.361 e. The van der Waals surface area contributed by atoms with E-state index in [1.165, 1.54) is 6.07 Å². The molecule has 2 saturated heterocycles. The van der Waals surface area contributed by atoms with Crippen LogP contribution in [0.4, 0.5) is 10.1 Å². The summed E-state index contributed by atoms with van der Waals surface area (Å²) in [6, 6.07) is 11.4. The molecule has 26 heavy (non-hydrogen) atoms. The van der Waals surface area contributed by atoms with Gasteiger partial charge >= 0.3 is 0 Å². The minimum atomic E-state index is -0.205. The lowest BCUT2D eigenvalue weighted by atomic mass is 9.93. The van der Waals surface area contributed by atoms with E-state index in [1.807, 2.05) is 23.6 Å². The van der Waals surface area contributed by atoms with Gasteiger partial charge in [0.25, 0.3) is 0 Å². The Balaban J connectivity index is 1.60. The smallest absolute Gasteiger partial charge is 0.228 e. The third-order valence-electron chi connectivity index (χ3n) is 5.75. The quantitative estimate of drug-likeness (QED) is 0.793. The van der Waals surface area contributed by atoms with Crippen molar-refractivity contribution in [3.63, 3.8) is 0 Å². The second-order valence-electron chi connectivity index (χ2n) is 7.99. The van der Waals surface area contributed by atoms with Crippen molar-refractivity contribution in [2.45, 2.75) is 57.2 Å². The molecule has 0 spiro atoms. The lowest BCUT2D eigenvalue weighted by Gasteiger charge is -2.42. The number of anilines is 1. The van der Waals surface area contributed by atoms with Crippen molar-refractivity contribution >= 4 is 22.9 Å². The van der Waals surface area contributed by atoms with Crippen LogP contribution < -0.4 is 4.90 Å². The van der Waals surface area contributed by atoms with Crippen LogP contribution in [0.15, 0.2) is 41.8 Å². The highest BCUT2D eigenvalue weighted by Crippen LogP contribution is 2.43. The number of amides is 1. The summed E-state index contributed by atoms with van der Waals surface area (Å²) in [5.41, 5.74) is 0.824. The summed E-state index contributed by atoms with van der Waals surface area (Å²) in [4.78, 5) is 18.5. The summed E-state index contributed by atoms with van der Waals surface area (Å²) in [5.74, 6) is 0.0160. The summed E-state index contributed by atoms with van der Waals surface area (Å²) >= 11 is 1.64. The molecule has 3 heterocycles. The maximum atomic E-state index is 13.8. The zero-order valence-electron chi connectivity index (χ0n) is 15.3. The first-order valence-corrected chi connectivity index (χ1v) is 10.2. The van der Waals surface area contributed by atoms with E-state index >= 15 is 0 Å². The Morgan fingerprint density at radius 1 is 1.27 bits per heavy atom. The summed E-state index contributed by atoms with van der Waals surface area (Å²) in [7, 11) is 0. The largest absolute Gasteiger partial charge is 0.361 e. The number of piperidine rings is 1. The zero-order valence-corrected chi connectivity index (χ0v) is 16.1. The maximum Gasteiger partial charge on any atom is 0.228 e. The number of carbonyl (C=O) groups is 1. The first-order valence-electron chi connectivity index (χ1n) is 9.32. The molecular weight excluding hydrogens is 347 g/mol. The highest BCUT2D eigenvalue weighted by molar-refractivity contribution is 7.10. The van der Waals surface area contributed by atoms with Crippen molar-refractivity contribution in [1.29, 1.82) is 0 Å². The SMILES string of the molecule is CC1(C)C[C@H]2[C@H](CCCN2C(=O)Cc2cccs2)N1c1cccc(F)c1. The number of halogens is 1. The topological polar surface area (TPSA) is 23.6 Å². The predicted molar refractivity (Wildman–Crippen MR) is 104 cm³/mol. The molecule has 1 aromatic carbocycles. The summed E-state index contributed by atoms with van der Waals surface area (Å²) in [5, 5.41) is 2.02. The number of hydrogen-bond donors (Lipinski definition) is 0. The van der Waals surface area contributed by atoms with Gasteiger partial charge in [-0.2, -0.15) is 0 Å². The number of likely N-dealkylation sites (tertiary alicyclic amines) is 1. The van der Waals surface area contributed by atoms with Gasteiger partial charge < -0.3 is 9.80 Å². The number of benzene rings is 1. The van der Waals surface area contributed by atoms with Gasteiger partial charge in [0.15, 0.2) is 0 Å². The molecule has 4 rings (SSSR count). The van der Waals surface area contributed by atoms with E-state index in [0.29, 0.717) is 6.42 Å². The van der Waals surface area contributed by atoms with Gasteiger partial charge in [-0.3, -0.25) is 4.79 Å². The predicted octanol–water partition coefficient (Wildman–Crippen LogP) is 4.48. The Kier molecular flexibility index (Phi) is 4.51. The van der Waals surface area contributed by atoms with E-state index < -0.39 is 0 Å². The Labute approximate surface area is 158 Å². The molecule has 1 amide bonds. The van der Waals surface area contributed by atoms with Gasteiger partial charge in [-0.05, 0) is 62.8 Å². The number of hydrogen-bond acceptors (Lipinski definition) is 3. The molecule has 0 saturated carbocycles. The second kappa shape index (κ2) is 6.69. The lowest BCUT2D eigenvalue weighted by molar-refractivity contribution is -0.134. The van der Waals surface area contributed by atoms with Crippen LogP contribution in [0.2, 0.25) is 0 Å². The number of nitrogens with zero attached hydrogens (tertiary/aromatic N) is 2. The van der Waals surface area contributed by atoms with Gasteiger partial charge in [0, 0.05) is 22.6 Å². The van der Waals surface area contributed by atoms with E-state index in [1.54, 1.807) is 23.5 Å². The second-order valence-corrected chi connectivity index (χ2v) is 9.02. The third-order valence-corrected chi connectivity index (χ3v) is 6.62.